The fourth-order valence-electron chi connectivity index (χ4n) is 2.62. The Morgan fingerprint density at radius 1 is 1.35 bits per heavy atom. The molecule has 0 bridgehead atoms. The summed E-state index contributed by atoms with van der Waals surface area (Å²) >= 11 is 3.22. The van der Waals surface area contributed by atoms with E-state index in [9.17, 15) is 9.59 Å². The summed E-state index contributed by atoms with van der Waals surface area (Å²) in [5, 5.41) is 2.75. The molecule has 8 nitrogen and oxygen atoms in total. The third kappa shape index (κ3) is 3.57. The van der Waals surface area contributed by atoms with Gasteiger partial charge in [-0.2, -0.15) is 0 Å². The lowest BCUT2D eigenvalue weighted by Crippen LogP contribution is -2.47. The molecule has 2 heterocycles. The molecule has 2 aromatic rings. The lowest BCUT2D eigenvalue weighted by atomic mass is 9.87. The molecule has 0 spiro atoms. The van der Waals surface area contributed by atoms with Gasteiger partial charge in [-0.1, -0.05) is 12.1 Å². The number of rotatable bonds is 3. The molecule has 1 aromatic heterocycles. The SMILES string of the molecule is CN1C(=O)CC(C)(c2cccc(NC(=O)c3ncc(Br)cn3)c2)N=C1N. The summed E-state index contributed by atoms with van der Waals surface area (Å²) in [6, 6.07) is 7.15. The number of nitrogens with zero attached hydrogens (tertiary/aromatic N) is 4. The molecular formula is C17H17BrN6O2. The first-order chi connectivity index (χ1) is 12.3. The molecule has 1 atom stereocenters. The van der Waals surface area contributed by atoms with E-state index in [2.05, 4.69) is 36.2 Å². The predicted molar refractivity (Wildman–Crippen MR) is 100 cm³/mol. The van der Waals surface area contributed by atoms with E-state index in [1.807, 2.05) is 13.0 Å². The number of guanidine groups is 1. The summed E-state index contributed by atoms with van der Waals surface area (Å²) in [5.41, 5.74) is 6.39. The molecule has 1 aliphatic heterocycles. The van der Waals surface area contributed by atoms with Crippen LogP contribution in [0.15, 0.2) is 46.1 Å². The van der Waals surface area contributed by atoms with E-state index in [-0.39, 0.29) is 24.1 Å². The van der Waals surface area contributed by atoms with Crippen LogP contribution in [0.1, 0.15) is 29.5 Å². The van der Waals surface area contributed by atoms with E-state index in [1.54, 1.807) is 25.2 Å². The minimum Gasteiger partial charge on any atom is -0.369 e. The first-order valence-corrected chi connectivity index (χ1v) is 8.59. The maximum atomic E-state index is 12.3. The van der Waals surface area contributed by atoms with Crippen molar-refractivity contribution in [2.24, 2.45) is 10.7 Å². The van der Waals surface area contributed by atoms with Crippen molar-refractivity contribution in [1.82, 2.24) is 14.9 Å². The predicted octanol–water partition coefficient (Wildman–Crippen LogP) is 1.88. The molecule has 0 fully saturated rings. The summed E-state index contributed by atoms with van der Waals surface area (Å²) in [5.74, 6) is -0.317. The third-order valence-electron chi connectivity index (χ3n) is 4.14. The van der Waals surface area contributed by atoms with Crippen molar-refractivity contribution in [3.63, 3.8) is 0 Å². The summed E-state index contributed by atoms with van der Waals surface area (Å²) in [6.07, 6.45) is 3.19. The van der Waals surface area contributed by atoms with Gasteiger partial charge in [-0.05, 0) is 40.5 Å². The highest BCUT2D eigenvalue weighted by molar-refractivity contribution is 9.10. The summed E-state index contributed by atoms with van der Waals surface area (Å²) in [4.78, 5) is 38.2. The highest BCUT2D eigenvalue weighted by Gasteiger charge is 2.36. The van der Waals surface area contributed by atoms with Gasteiger partial charge in [0.1, 0.15) is 0 Å². The van der Waals surface area contributed by atoms with E-state index >= 15 is 0 Å². The molecule has 0 saturated heterocycles. The Hall–Kier alpha value is -2.81. The summed E-state index contributed by atoms with van der Waals surface area (Å²) in [6.45, 7) is 1.84. The molecular weight excluding hydrogens is 400 g/mol. The monoisotopic (exact) mass is 416 g/mol. The van der Waals surface area contributed by atoms with Crippen LogP contribution in [-0.4, -0.2) is 39.7 Å². The molecule has 0 aliphatic carbocycles. The second kappa shape index (κ2) is 6.83. The highest BCUT2D eigenvalue weighted by Crippen LogP contribution is 2.34. The van der Waals surface area contributed by atoms with Gasteiger partial charge in [-0.3, -0.25) is 14.5 Å². The van der Waals surface area contributed by atoms with E-state index in [0.29, 0.717) is 10.2 Å². The number of halogens is 1. The van der Waals surface area contributed by atoms with Gasteiger partial charge in [0.2, 0.25) is 11.7 Å². The smallest absolute Gasteiger partial charge is 0.293 e. The molecule has 3 N–H and O–H groups in total. The first kappa shape index (κ1) is 18.0. The molecule has 0 radical (unpaired) electrons. The van der Waals surface area contributed by atoms with Gasteiger partial charge in [0, 0.05) is 25.1 Å². The van der Waals surface area contributed by atoms with Crippen LogP contribution < -0.4 is 11.1 Å². The fourth-order valence-corrected chi connectivity index (χ4v) is 2.83. The summed E-state index contributed by atoms with van der Waals surface area (Å²) in [7, 11) is 1.59. The van der Waals surface area contributed by atoms with Gasteiger partial charge in [0.05, 0.1) is 16.4 Å². The highest BCUT2D eigenvalue weighted by atomic mass is 79.9. The van der Waals surface area contributed by atoms with Crippen LogP contribution in [0.2, 0.25) is 0 Å². The van der Waals surface area contributed by atoms with Gasteiger partial charge in [-0.15, -0.1) is 0 Å². The average Bonchev–Trinajstić information content (AvgIpc) is 2.60. The maximum absolute atomic E-state index is 12.3. The van der Waals surface area contributed by atoms with Crippen LogP contribution in [0.3, 0.4) is 0 Å². The van der Waals surface area contributed by atoms with Crippen molar-refractivity contribution in [3.8, 4) is 0 Å². The van der Waals surface area contributed by atoms with E-state index in [1.165, 1.54) is 17.3 Å². The topological polar surface area (TPSA) is 114 Å². The lowest BCUT2D eigenvalue weighted by molar-refractivity contribution is -0.128. The Bertz CT molecular complexity index is 898. The molecule has 134 valence electrons. The number of aromatic nitrogens is 2. The Labute approximate surface area is 158 Å². The molecule has 1 unspecified atom stereocenters. The number of benzene rings is 1. The molecule has 0 saturated carbocycles. The van der Waals surface area contributed by atoms with E-state index in [0.717, 1.165) is 5.56 Å². The van der Waals surface area contributed by atoms with Gasteiger partial charge in [-0.25, -0.2) is 15.0 Å². The van der Waals surface area contributed by atoms with Crippen LogP contribution in [0.4, 0.5) is 5.69 Å². The standard InChI is InChI=1S/C17H17BrN6O2/c1-17(7-13(25)24(2)16(19)23-17)10-4-3-5-12(6-10)22-15(26)14-20-8-11(18)9-21-14/h3-6,8-9H,7H2,1-2H3,(H2,19,23)(H,22,26). The number of carbonyl (C=O) groups is 2. The normalized spacial score (nSPS) is 19.9. The molecule has 3 rings (SSSR count). The minimum atomic E-state index is -0.789. The molecule has 9 heteroatoms. The van der Waals surface area contributed by atoms with E-state index < -0.39 is 11.4 Å². The zero-order valence-corrected chi connectivity index (χ0v) is 15.8. The minimum absolute atomic E-state index is 0.0570. The number of carbonyl (C=O) groups excluding carboxylic acids is 2. The Morgan fingerprint density at radius 3 is 2.69 bits per heavy atom. The third-order valence-corrected chi connectivity index (χ3v) is 4.55. The Kier molecular flexibility index (Phi) is 4.73. The van der Waals surface area contributed by atoms with Gasteiger partial charge in [0.25, 0.3) is 5.91 Å². The summed E-state index contributed by atoms with van der Waals surface area (Å²) < 4.78 is 0.686. The van der Waals surface area contributed by atoms with Crippen LogP contribution in [-0.2, 0) is 10.3 Å². The Morgan fingerprint density at radius 2 is 2.04 bits per heavy atom. The molecule has 2 amide bonds. The number of nitrogens with two attached hydrogens (primary N) is 1. The van der Waals surface area contributed by atoms with Crippen molar-refractivity contribution >= 4 is 39.4 Å². The number of hydrogen-bond donors (Lipinski definition) is 2. The number of anilines is 1. The average molecular weight is 417 g/mol. The van der Waals surface area contributed by atoms with Gasteiger partial charge in [0.15, 0.2) is 5.96 Å². The molecule has 26 heavy (non-hydrogen) atoms. The molecule has 1 aromatic carbocycles. The van der Waals surface area contributed by atoms with Crippen molar-refractivity contribution in [1.29, 1.82) is 0 Å². The number of nitrogens with one attached hydrogen (secondary N) is 1. The number of amides is 2. The zero-order valence-electron chi connectivity index (χ0n) is 14.2. The van der Waals surface area contributed by atoms with Gasteiger partial charge < -0.3 is 11.1 Å². The number of aliphatic imine (C=N–C) groups is 1. The first-order valence-electron chi connectivity index (χ1n) is 7.80. The van der Waals surface area contributed by atoms with Crippen LogP contribution in [0, 0.1) is 0 Å². The van der Waals surface area contributed by atoms with Crippen molar-refractivity contribution in [3.05, 3.63) is 52.5 Å². The Balaban J connectivity index is 1.85. The van der Waals surface area contributed by atoms with Crippen molar-refractivity contribution in [2.45, 2.75) is 18.9 Å². The fraction of sp³-hybridized carbons (Fsp3) is 0.235. The van der Waals surface area contributed by atoms with Crippen LogP contribution in [0.25, 0.3) is 0 Å². The second-order valence-electron chi connectivity index (χ2n) is 6.13. The largest absolute Gasteiger partial charge is 0.369 e. The van der Waals surface area contributed by atoms with Crippen LogP contribution >= 0.6 is 15.9 Å². The van der Waals surface area contributed by atoms with Crippen molar-refractivity contribution < 1.29 is 9.59 Å². The maximum Gasteiger partial charge on any atom is 0.293 e. The second-order valence-corrected chi connectivity index (χ2v) is 7.05. The quantitative estimate of drug-likeness (QED) is 0.792. The van der Waals surface area contributed by atoms with Crippen LogP contribution in [0.5, 0.6) is 0 Å². The van der Waals surface area contributed by atoms with Crippen molar-refractivity contribution in [2.75, 3.05) is 12.4 Å². The van der Waals surface area contributed by atoms with Gasteiger partial charge >= 0.3 is 0 Å². The lowest BCUT2D eigenvalue weighted by Gasteiger charge is -2.33. The number of hydrogen-bond acceptors (Lipinski definition) is 6. The van der Waals surface area contributed by atoms with E-state index in [4.69, 9.17) is 5.73 Å². The zero-order chi connectivity index (χ0) is 18.9. The molecule has 1 aliphatic rings.